The van der Waals surface area contributed by atoms with Gasteiger partial charge in [-0.15, -0.1) is 13.2 Å². The van der Waals surface area contributed by atoms with Gasteiger partial charge in [0.2, 0.25) is 0 Å². The Bertz CT molecular complexity index is 324. The van der Waals surface area contributed by atoms with E-state index in [1.807, 2.05) is 0 Å². The van der Waals surface area contributed by atoms with Crippen molar-refractivity contribution in [1.82, 2.24) is 0 Å². The lowest BCUT2D eigenvalue weighted by Crippen LogP contribution is -2.55. The average Bonchev–Trinajstić information content (AvgIpc) is 2.38. The summed E-state index contributed by atoms with van der Waals surface area (Å²) >= 11 is 0. The highest BCUT2D eigenvalue weighted by Crippen LogP contribution is 2.50. The number of hydrogen-bond acceptors (Lipinski definition) is 3. The third-order valence-corrected chi connectivity index (χ3v) is 4.17. The normalized spacial score (nSPS) is 31.7. The quantitative estimate of drug-likeness (QED) is 0.584. The zero-order valence-electron chi connectivity index (χ0n) is 11.3. The lowest BCUT2D eigenvalue weighted by molar-refractivity contribution is -0.182. The molecule has 0 saturated heterocycles. The number of aliphatic hydroxyl groups is 1. The highest BCUT2D eigenvalue weighted by Gasteiger charge is 2.56. The Morgan fingerprint density at radius 1 is 1.33 bits per heavy atom. The van der Waals surface area contributed by atoms with Crippen LogP contribution < -0.4 is 0 Å². The first kappa shape index (κ1) is 15.0. The van der Waals surface area contributed by atoms with Crippen molar-refractivity contribution in [3.05, 3.63) is 25.3 Å². The van der Waals surface area contributed by atoms with Crippen molar-refractivity contribution in [2.75, 3.05) is 7.11 Å². The van der Waals surface area contributed by atoms with E-state index in [1.165, 1.54) is 7.11 Å². The molecule has 0 amide bonds. The van der Waals surface area contributed by atoms with Gasteiger partial charge in [-0.3, -0.25) is 4.79 Å². The maximum atomic E-state index is 12.2. The van der Waals surface area contributed by atoms with Crippen LogP contribution in [0.25, 0.3) is 0 Å². The van der Waals surface area contributed by atoms with Crippen LogP contribution in [-0.4, -0.2) is 23.8 Å². The van der Waals surface area contributed by atoms with Crippen LogP contribution in [0.2, 0.25) is 0 Å². The molecule has 0 aromatic carbocycles. The van der Waals surface area contributed by atoms with Crippen LogP contribution >= 0.6 is 0 Å². The summed E-state index contributed by atoms with van der Waals surface area (Å²) in [5, 5.41) is 10.9. The fourth-order valence-electron chi connectivity index (χ4n) is 3.13. The van der Waals surface area contributed by atoms with E-state index in [1.54, 1.807) is 12.2 Å². The second kappa shape index (κ2) is 6.19. The topological polar surface area (TPSA) is 46.5 Å². The van der Waals surface area contributed by atoms with E-state index in [0.29, 0.717) is 32.1 Å². The third kappa shape index (κ3) is 2.51. The number of ether oxygens (including phenoxy) is 1. The summed E-state index contributed by atoms with van der Waals surface area (Å²) in [6.07, 6.45) is 8.41. The van der Waals surface area contributed by atoms with Gasteiger partial charge in [-0.2, -0.15) is 0 Å². The average molecular weight is 252 g/mol. The van der Waals surface area contributed by atoms with E-state index in [9.17, 15) is 9.90 Å². The van der Waals surface area contributed by atoms with Crippen LogP contribution in [0.3, 0.4) is 0 Å². The molecule has 1 aliphatic carbocycles. The Balaban J connectivity index is 3.10. The van der Waals surface area contributed by atoms with Gasteiger partial charge >= 0.3 is 5.97 Å². The molecule has 0 radical (unpaired) electrons. The zero-order valence-corrected chi connectivity index (χ0v) is 11.3. The van der Waals surface area contributed by atoms with E-state index < -0.39 is 11.0 Å². The number of esters is 1. The Morgan fingerprint density at radius 3 is 2.56 bits per heavy atom. The summed E-state index contributed by atoms with van der Waals surface area (Å²) in [6, 6.07) is 0. The number of hydrogen-bond donors (Lipinski definition) is 1. The molecule has 3 heteroatoms. The largest absolute Gasteiger partial charge is 0.468 e. The van der Waals surface area contributed by atoms with Crippen molar-refractivity contribution in [3.8, 4) is 0 Å². The molecule has 2 atom stereocenters. The van der Waals surface area contributed by atoms with Crippen molar-refractivity contribution < 1.29 is 14.6 Å². The van der Waals surface area contributed by atoms with Gasteiger partial charge in [0.25, 0.3) is 0 Å². The van der Waals surface area contributed by atoms with Gasteiger partial charge in [0, 0.05) is 0 Å². The highest BCUT2D eigenvalue weighted by molar-refractivity contribution is 5.79. The fraction of sp³-hybridized carbons (Fsp3) is 0.667. The number of methoxy groups -OCH3 is 1. The Hall–Kier alpha value is -1.09. The van der Waals surface area contributed by atoms with Crippen molar-refractivity contribution in [1.29, 1.82) is 0 Å². The number of carbonyl (C=O) groups excluding carboxylic acids is 1. The number of carbonyl (C=O) groups is 1. The summed E-state index contributed by atoms with van der Waals surface area (Å²) in [5.74, 6) is -0.311. The second-order valence-electron chi connectivity index (χ2n) is 5.13. The van der Waals surface area contributed by atoms with Crippen molar-refractivity contribution in [3.63, 3.8) is 0 Å². The molecule has 0 aliphatic heterocycles. The molecule has 2 unspecified atom stereocenters. The van der Waals surface area contributed by atoms with E-state index in [-0.39, 0.29) is 5.97 Å². The molecule has 18 heavy (non-hydrogen) atoms. The van der Waals surface area contributed by atoms with Gasteiger partial charge in [0.1, 0.15) is 0 Å². The van der Waals surface area contributed by atoms with Crippen molar-refractivity contribution in [2.45, 2.75) is 50.5 Å². The van der Waals surface area contributed by atoms with Crippen LogP contribution in [0.1, 0.15) is 44.9 Å². The van der Waals surface area contributed by atoms with Gasteiger partial charge in [0.15, 0.2) is 0 Å². The molecule has 1 saturated carbocycles. The molecular weight excluding hydrogens is 228 g/mol. The third-order valence-electron chi connectivity index (χ3n) is 4.17. The molecule has 1 rings (SSSR count). The Kier molecular flexibility index (Phi) is 5.15. The van der Waals surface area contributed by atoms with Crippen LogP contribution in [0.5, 0.6) is 0 Å². The number of rotatable bonds is 6. The summed E-state index contributed by atoms with van der Waals surface area (Å²) in [5.41, 5.74) is -1.83. The molecule has 0 aromatic rings. The minimum atomic E-state index is -0.999. The molecule has 1 aliphatic rings. The fourth-order valence-corrected chi connectivity index (χ4v) is 3.13. The van der Waals surface area contributed by atoms with Crippen LogP contribution in [0, 0.1) is 5.41 Å². The van der Waals surface area contributed by atoms with Crippen LogP contribution in [-0.2, 0) is 9.53 Å². The lowest BCUT2D eigenvalue weighted by atomic mass is 9.59. The molecule has 0 bridgehead atoms. The molecule has 0 spiro atoms. The van der Waals surface area contributed by atoms with Crippen molar-refractivity contribution in [2.24, 2.45) is 5.41 Å². The minimum Gasteiger partial charge on any atom is -0.468 e. The second-order valence-corrected chi connectivity index (χ2v) is 5.13. The summed E-state index contributed by atoms with van der Waals surface area (Å²) in [7, 11) is 1.38. The maximum absolute atomic E-state index is 12.2. The molecule has 3 nitrogen and oxygen atoms in total. The molecule has 102 valence electrons. The monoisotopic (exact) mass is 252 g/mol. The van der Waals surface area contributed by atoms with Gasteiger partial charge in [-0.05, 0) is 32.1 Å². The first-order chi connectivity index (χ1) is 8.56. The van der Waals surface area contributed by atoms with E-state index in [0.717, 1.165) is 12.8 Å². The molecule has 1 fully saturated rings. The lowest BCUT2D eigenvalue weighted by Gasteiger charge is -2.48. The van der Waals surface area contributed by atoms with Gasteiger partial charge in [-0.25, -0.2) is 0 Å². The molecule has 1 N–H and O–H groups in total. The predicted octanol–water partition coefficient (Wildman–Crippen LogP) is 2.99. The SMILES string of the molecule is C=CCCC1(O)CCCCC1(CC=C)C(=O)OC. The van der Waals surface area contributed by atoms with E-state index >= 15 is 0 Å². The van der Waals surface area contributed by atoms with Crippen LogP contribution in [0.15, 0.2) is 25.3 Å². The standard InChI is InChI=1S/C15H24O3/c1-4-6-11-15(17)12-8-7-10-14(15,9-5-2)13(16)18-3/h4-5,17H,1-2,6-12H2,3H3. The first-order valence-corrected chi connectivity index (χ1v) is 6.59. The summed E-state index contributed by atoms with van der Waals surface area (Å²) in [6.45, 7) is 7.41. The first-order valence-electron chi connectivity index (χ1n) is 6.59. The van der Waals surface area contributed by atoms with Gasteiger partial charge in [-0.1, -0.05) is 25.0 Å². The minimum absolute atomic E-state index is 0.311. The van der Waals surface area contributed by atoms with E-state index in [2.05, 4.69) is 13.2 Å². The van der Waals surface area contributed by atoms with Crippen LogP contribution in [0.4, 0.5) is 0 Å². The summed E-state index contributed by atoms with van der Waals surface area (Å²) < 4.78 is 4.95. The molecule has 0 aromatic heterocycles. The van der Waals surface area contributed by atoms with E-state index in [4.69, 9.17) is 4.74 Å². The Morgan fingerprint density at radius 2 is 2.00 bits per heavy atom. The molecular formula is C15H24O3. The smallest absolute Gasteiger partial charge is 0.315 e. The van der Waals surface area contributed by atoms with Crippen molar-refractivity contribution >= 4 is 5.97 Å². The highest BCUT2D eigenvalue weighted by atomic mass is 16.5. The zero-order chi connectivity index (χ0) is 13.6. The summed E-state index contributed by atoms with van der Waals surface area (Å²) in [4.78, 5) is 12.2. The van der Waals surface area contributed by atoms with Gasteiger partial charge in [0.05, 0.1) is 18.1 Å². The molecule has 0 heterocycles. The van der Waals surface area contributed by atoms with Gasteiger partial charge < -0.3 is 9.84 Å². The maximum Gasteiger partial charge on any atom is 0.315 e. The number of allylic oxidation sites excluding steroid dienone is 2. The Labute approximate surface area is 110 Å². The predicted molar refractivity (Wildman–Crippen MR) is 72.1 cm³/mol.